The lowest BCUT2D eigenvalue weighted by molar-refractivity contribution is 0.181. The van der Waals surface area contributed by atoms with Crippen LogP contribution in [0.4, 0.5) is 0 Å². The van der Waals surface area contributed by atoms with Gasteiger partial charge in [-0.15, -0.1) is 10.2 Å². The van der Waals surface area contributed by atoms with Gasteiger partial charge in [-0.2, -0.15) is 0 Å². The van der Waals surface area contributed by atoms with E-state index in [2.05, 4.69) is 27.5 Å². The SMILES string of the molecule is CN1CCCCC1CNCc1nnc2ccccn12. The van der Waals surface area contributed by atoms with Gasteiger partial charge in [0.05, 0.1) is 6.54 Å². The number of aromatic nitrogens is 3. The van der Waals surface area contributed by atoms with Crippen molar-refractivity contribution >= 4 is 5.65 Å². The Balaban J connectivity index is 1.57. The third-order valence-corrected chi connectivity index (χ3v) is 3.97. The highest BCUT2D eigenvalue weighted by atomic mass is 15.3. The maximum atomic E-state index is 4.23. The number of fused-ring (bicyclic) bond motifs is 1. The van der Waals surface area contributed by atoms with Crippen LogP contribution in [-0.4, -0.2) is 45.7 Å². The molecule has 102 valence electrons. The maximum absolute atomic E-state index is 4.23. The molecule has 2 aromatic rings. The van der Waals surface area contributed by atoms with E-state index in [1.165, 1.54) is 25.8 Å². The number of hydrogen-bond donors (Lipinski definition) is 1. The zero-order valence-electron chi connectivity index (χ0n) is 11.4. The van der Waals surface area contributed by atoms with E-state index in [1.807, 2.05) is 28.8 Å². The van der Waals surface area contributed by atoms with Gasteiger partial charge in [0.25, 0.3) is 0 Å². The molecule has 0 aromatic carbocycles. The molecule has 19 heavy (non-hydrogen) atoms. The van der Waals surface area contributed by atoms with Crippen molar-refractivity contribution in [3.8, 4) is 0 Å². The lowest BCUT2D eigenvalue weighted by Crippen LogP contribution is -2.43. The first-order valence-corrected chi connectivity index (χ1v) is 7.04. The lowest BCUT2D eigenvalue weighted by atomic mass is 10.0. The van der Waals surface area contributed by atoms with E-state index in [0.717, 1.165) is 24.6 Å². The largest absolute Gasteiger partial charge is 0.308 e. The molecule has 0 bridgehead atoms. The second-order valence-corrected chi connectivity index (χ2v) is 5.31. The van der Waals surface area contributed by atoms with E-state index >= 15 is 0 Å². The normalized spacial score (nSPS) is 21.0. The Hall–Kier alpha value is -1.46. The topological polar surface area (TPSA) is 45.5 Å². The molecule has 5 nitrogen and oxygen atoms in total. The molecule has 0 aliphatic carbocycles. The van der Waals surface area contributed by atoms with Crippen molar-refractivity contribution in [3.05, 3.63) is 30.2 Å². The van der Waals surface area contributed by atoms with Crippen molar-refractivity contribution in [3.63, 3.8) is 0 Å². The molecule has 1 fully saturated rings. The molecular weight excluding hydrogens is 238 g/mol. The van der Waals surface area contributed by atoms with Gasteiger partial charge in [-0.05, 0) is 38.6 Å². The van der Waals surface area contributed by atoms with Crippen LogP contribution >= 0.6 is 0 Å². The van der Waals surface area contributed by atoms with Gasteiger partial charge in [0.1, 0.15) is 0 Å². The van der Waals surface area contributed by atoms with Crippen molar-refractivity contribution in [2.45, 2.75) is 31.8 Å². The molecular formula is C14H21N5. The molecule has 0 radical (unpaired) electrons. The number of likely N-dealkylation sites (tertiary alicyclic amines) is 1. The molecule has 0 spiro atoms. The van der Waals surface area contributed by atoms with Crippen LogP contribution in [0, 0.1) is 0 Å². The Labute approximate surface area is 113 Å². The summed E-state index contributed by atoms with van der Waals surface area (Å²) in [6.45, 7) is 3.02. The fourth-order valence-electron chi connectivity index (χ4n) is 2.76. The number of nitrogens with zero attached hydrogens (tertiary/aromatic N) is 4. The van der Waals surface area contributed by atoms with E-state index in [-0.39, 0.29) is 0 Å². The summed E-state index contributed by atoms with van der Waals surface area (Å²) >= 11 is 0. The molecule has 5 heteroatoms. The molecule has 1 N–H and O–H groups in total. The zero-order valence-corrected chi connectivity index (χ0v) is 11.4. The van der Waals surface area contributed by atoms with Crippen LogP contribution in [0.15, 0.2) is 24.4 Å². The minimum Gasteiger partial charge on any atom is -0.308 e. The molecule has 2 aromatic heterocycles. The average Bonchev–Trinajstić information content (AvgIpc) is 2.85. The van der Waals surface area contributed by atoms with Gasteiger partial charge in [0.15, 0.2) is 11.5 Å². The number of likely N-dealkylation sites (N-methyl/N-ethyl adjacent to an activating group) is 1. The van der Waals surface area contributed by atoms with Gasteiger partial charge < -0.3 is 10.2 Å². The van der Waals surface area contributed by atoms with Crippen LogP contribution in [0.25, 0.3) is 5.65 Å². The summed E-state index contributed by atoms with van der Waals surface area (Å²) in [5.74, 6) is 0.981. The summed E-state index contributed by atoms with van der Waals surface area (Å²) in [6, 6.07) is 6.63. The fraction of sp³-hybridized carbons (Fsp3) is 0.571. The summed E-state index contributed by atoms with van der Waals surface area (Å²) in [6.07, 6.45) is 6.00. The third-order valence-electron chi connectivity index (χ3n) is 3.97. The van der Waals surface area contributed by atoms with Crippen molar-refractivity contribution in [1.82, 2.24) is 24.8 Å². The van der Waals surface area contributed by atoms with Gasteiger partial charge in [0, 0.05) is 18.8 Å². The predicted octanol–water partition coefficient (Wildman–Crippen LogP) is 1.30. The van der Waals surface area contributed by atoms with E-state index < -0.39 is 0 Å². The van der Waals surface area contributed by atoms with Crippen LogP contribution in [0.3, 0.4) is 0 Å². The van der Waals surface area contributed by atoms with Crippen molar-refractivity contribution in [2.24, 2.45) is 0 Å². The molecule has 3 heterocycles. The number of hydrogen-bond acceptors (Lipinski definition) is 4. The van der Waals surface area contributed by atoms with Crippen molar-refractivity contribution in [2.75, 3.05) is 20.1 Å². The number of pyridine rings is 1. The van der Waals surface area contributed by atoms with Crippen LogP contribution < -0.4 is 5.32 Å². The standard InChI is InChI=1S/C14H21N5/c1-18-8-4-2-6-12(18)10-15-11-14-17-16-13-7-3-5-9-19(13)14/h3,5,7,9,12,15H,2,4,6,8,10-11H2,1H3. The van der Waals surface area contributed by atoms with E-state index in [0.29, 0.717) is 6.04 Å². The highest BCUT2D eigenvalue weighted by Crippen LogP contribution is 2.14. The molecule has 0 saturated carbocycles. The fourth-order valence-corrected chi connectivity index (χ4v) is 2.76. The third kappa shape index (κ3) is 2.77. The van der Waals surface area contributed by atoms with E-state index in [1.54, 1.807) is 0 Å². The Morgan fingerprint density at radius 2 is 2.26 bits per heavy atom. The van der Waals surface area contributed by atoms with Crippen molar-refractivity contribution < 1.29 is 0 Å². The Bertz CT molecular complexity index is 535. The van der Waals surface area contributed by atoms with Crippen LogP contribution in [-0.2, 0) is 6.54 Å². The Morgan fingerprint density at radius 3 is 3.16 bits per heavy atom. The summed E-state index contributed by atoms with van der Waals surface area (Å²) in [7, 11) is 2.22. The number of nitrogens with one attached hydrogen (secondary N) is 1. The first-order chi connectivity index (χ1) is 9.34. The highest BCUT2D eigenvalue weighted by molar-refractivity contribution is 5.36. The van der Waals surface area contributed by atoms with Gasteiger partial charge in [-0.3, -0.25) is 4.40 Å². The summed E-state index contributed by atoms with van der Waals surface area (Å²) < 4.78 is 2.04. The smallest absolute Gasteiger partial charge is 0.160 e. The summed E-state index contributed by atoms with van der Waals surface area (Å²) in [5, 5.41) is 11.9. The quantitative estimate of drug-likeness (QED) is 0.899. The van der Waals surface area contributed by atoms with E-state index in [4.69, 9.17) is 0 Å². The molecule has 1 saturated heterocycles. The zero-order chi connectivity index (χ0) is 13.1. The van der Waals surface area contributed by atoms with Crippen molar-refractivity contribution in [1.29, 1.82) is 0 Å². The second kappa shape index (κ2) is 5.67. The molecule has 1 unspecified atom stereocenters. The average molecular weight is 259 g/mol. The van der Waals surface area contributed by atoms with Crippen LogP contribution in [0.5, 0.6) is 0 Å². The minimum atomic E-state index is 0.660. The second-order valence-electron chi connectivity index (χ2n) is 5.31. The number of rotatable bonds is 4. The molecule has 1 aliphatic heterocycles. The highest BCUT2D eigenvalue weighted by Gasteiger charge is 2.18. The monoisotopic (exact) mass is 259 g/mol. The van der Waals surface area contributed by atoms with Gasteiger partial charge >= 0.3 is 0 Å². The first kappa shape index (κ1) is 12.6. The van der Waals surface area contributed by atoms with Gasteiger partial charge in [0.2, 0.25) is 0 Å². The molecule has 3 rings (SSSR count). The molecule has 1 aliphatic rings. The van der Waals surface area contributed by atoms with Crippen LogP contribution in [0.2, 0.25) is 0 Å². The minimum absolute atomic E-state index is 0.660. The summed E-state index contributed by atoms with van der Waals surface area (Å²) in [5.41, 5.74) is 0.911. The lowest BCUT2D eigenvalue weighted by Gasteiger charge is -2.32. The van der Waals surface area contributed by atoms with E-state index in [9.17, 15) is 0 Å². The number of piperidine rings is 1. The molecule has 0 amide bonds. The molecule has 1 atom stereocenters. The summed E-state index contributed by atoms with van der Waals surface area (Å²) in [4.78, 5) is 2.46. The first-order valence-electron chi connectivity index (χ1n) is 7.04. The predicted molar refractivity (Wildman–Crippen MR) is 75.0 cm³/mol. The Morgan fingerprint density at radius 1 is 1.32 bits per heavy atom. The van der Waals surface area contributed by atoms with Crippen LogP contribution in [0.1, 0.15) is 25.1 Å². The van der Waals surface area contributed by atoms with Gasteiger partial charge in [-0.1, -0.05) is 12.5 Å². The Kier molecular flexibility index (Phi) is 3.75. The maximum Gasteiger partial charge on any atom is 0.160 e. The van der Waals surface area contributed by atoms with Gasteiger partial charge in [-0.25, -0.2) is 0 Å².